The lowest BCUT2D eigenvalue weighted by Crippen LogP contribution is -2.13. The van der Waals surface area contributed by atoms with Crippen LogP contribution >= 0.6 is 11.6 Å². The molecule has 0 aliphatic heterocycles. The highest BCUT2D eigenvalue weighted by molar-refractivity contribution is 6.31. The fourth-order valence-electron chi connectivity index (χ4n) is 2.01. The van der Waals surface area contributed by atoms with Gasteiger partial charge in [-0.25, -0.2) is 0 Å². The molecule has 0 unspecified atom stereocenters. The predicted molar refractivity (Wildman–Crippen MR) is 80.5 cm³/mol. The van der Waals surface area contributed by atoms with Crippen LogP contribution in [0.25, 0.3) is 11.3 Å². The maximum Gasteiger partial charge on any atom is 0.134 e. The molecule has 2 nitrogen and oxygen atoms in total. The Hall–Kier alpha value is -1.25. The fourth-order valence-corrected chi connectivity index (χ4v) is 2.18. The highest BCUT2D eigenvalue weighted by atomic mass is 35.5. The number of nitrogens with one attached hydrogen (secondary N) is 1. The standard InChI is InChI=1S/C16H20ClNO/c1-3-4-10-18-11-13-8-9-16(19-13)14-6-5-7-15(17)12(14)2/h5-9,18H,3-4,10-11H2,1-2H3. The molecule has 2 aromatic rings. The van der Waals surface area contributed by atoms with E-state index in [1.807, 2.05) is 37.3 Å². The zero-order valence-electron chi connectivity index (χ0n) is 11.5. The molecular formula is C16H20ClNO. The van der Waals surface area contributed by atoms with Gasteiger partial charge in [0.1, 0.15) is 11.5 Å². The van der Waals surface area contributed by atoms with Crippen LogP contribution in [0.5, 0.6) is 0 Å². The molecule has 0 aliphatic rings. The molecule has 0 atom stereocenters. The minimum Gasteiger partial charge on any atom is -0.460 e. The second-order valence-corrected chi connectivity index (χ2v) is 5.12. The molecule has 0 aliphatic carbocycles. The molecule has 1 aromatic heterocycles. The van der Waals surface area contributed by atoms with E-state index in [1.54, 1.807) is 0 Å². The zero-order valence-corrected chi connectivity index (χ0v) is 12.3. The Labute approximate surface area is 119 Å². The Bertz CT molecular complexity index is 533. The summed E-state index contributed by atoms with van der Waals surface area (Å²) in [5, 5.41) is 4.15. The normalized spacial score (nSPS) is 10.9. The van der Waals surface area contributed by atoms with Crippen LogP contribution in [0, 0.1) is 6.92 Å². The van der Waals surface area contributed by atoms with Crippen molar-refractivity contribution in [2.24, 2.45) is 0 Å². The van der Waals surface area contributed by atoms with E-state index in [1.165, 1.54) is 12.8 Å². The van der Waals surface area contributed by atoms with Gasteiger partial charge in [0.05, 0.1) is 6.54 Å². The molecule has 3 heteroatoms. The monoisotopic (exact) mass is 277 g/mol. The molecule has 0 amide bonds. The van der Waals surface area contributed by atoms with Gasteiger partial charge in [0, 0.05) is 10.6 Å². The first-order valence-corrected chi connectivity index (χ1v) is 7.15. The van der Waals surface area contributed by atoms with Crippen molar-refractivity contribution < 1.29 is 4.42 Å². The summed E-state index contributed by atoms with van der Waals surface area (Å²) in [6.45, 7) is 6.01. The Balaban J connectivity index is 2.06. The molecule has 2 rings (SSSR count). The van der Waals surface area contributed by atoms with E-state index in [-0.39, 0.29) is 0 Å². The quantitative estimate of drug-likeness (QED) is 0.768. The van der Waals surface area contributed by atoms with Gasteiger partial charge in [-0.1, -0.05) is 37.1 Å². The molecule has 19 heavy (non-hydrogen) atoms. The molecule has 0 saturated heterocycles. The minimum atomic E-state index is 0.775. The lowest BCUT2D eigenvalue weighted by atomic mass is 10.1. The lowest BCUT2D eigenvalue weighted by Gasteiger charge is -2.04. The van der Waals surface area contributed by atoms with Gasteiger partial charge in [-0.3, -0.25) is 0 Å². The maximum atomic E-state index is 6.13. The topological polar surface area (TPSA) is 25.2 Å². The number of hydrogen-bond donors (Lipinski definition) is 1. The van der Waals surface area contributed by atoms with Gasteiger partial charge in [0.25, 0.3) is 0 Å². The number of benzene rings is 1. The lowest BCUT2D eigenvalue weighted by molar-refractivity contribution is 0.490. The third-order valence-electron chi connectivity index (χ3n) is 3.20. The molecular weight excluding hydrogens is 258 g/mol. The number of hydrogen-bond acceptors (Lipinski definition) is 2. The first-order chi connectivity index (χ1) is 9.22. The Kier molecular flexibility index (Phi) is 5.06. The van der Waals surface area contributed by atoms with Crippen molar-refractivity contribution in [3.05, 3.63) is 46.7 Å². The summed E-state index contributed by atoms with van der Waals surface area (Å²) in [4.78, 5) is 0. The highest BCUT2D eigenvalue weighted by Crippen LogP contribution is 2.29. The number of furan rings is 1. The van der Waals surface area contributed by atoms with Crippen LogP contribution in [-0.4, -0.2) is 6.54 Å². The molecule has 0 fully saturated rings. The maximum absolute atomic E-state index is 6.13. The minimum absolute atomic E-state index is 0.775. The van der Waals surface area contributed by atoms with Crippen molar-refractivity contribution in [3.8, 4) is 11.3 Å². The third-order valence-corrected chi connectivity index (χ3v) is 3.61. The number of rotatable bonds is 6. The molecule has 1 aromatic carbocycles. The summed E-state index contributed by atoms with van der Waals surface area (Å²) in [6, 6.07) is 9.92. The molecule has 1 heterocycles. The van der Waals surface area contributed by atoms with Crippen molar-refractivity contribution in [1.29, 1.82) is 0 Å². The van der Waals surface area contributed by atoms with Crippen LogP contribution in [0.4, 0.5) is 0 Å². The smallest absolute Gasteiger partial charge is 0.134 e. The Morgan fingerprint density at radius 2 is 2.05 bits per heavy atom. The van der Waals surface area contributed by atoms with Crippen LogP contribution in [0.15, 0.2) is 34.7 Å². The van der Waals surface area contributed by atoms with Gasteiger partial charge in [-0.2, -0.15) is 0 Å². The van der Waals surface area contributed by atoms with Gasteiger partial charge in [-0.05, 0) is 43.7 Å². The fraction of sp³-hybridized carbons (Fsp3) is 0.375. The summed E-state index contributed by atoms with van der Waals surface area (Å²) in [5.41, 5.74) is 2.12. The van der Waals surface area contributed by atoms with Crippen molar-refractivity contribution in [2.45, 2.75) is 33.2 Å². The van der Waals surface area contributed by atoms with Gasteiger partial charge < -0.3 is 9.73 Å². The summed E-state index contributed by atoms with van der Waals surface area (Å²) >= 11 is 6.13. The van der Waals surface area contributed by atoms with Crippen molar-refractivity contribution in [2.75, 3.05) is 6.54 Å². The SMILES string of the molecule is CCCCNCc1ccc(-c2cccc(Cl)c2C)o1. The van der Waals surface area contributed by atoms with Gasteiger partial charge in [0.2, 0.25) is 0 Å². The molecule has 102 valence electrons. The van der Waals surface area contributed by atoms with Crippen LogP contribution in [0.2, 0.25) is 5.02 Å². The molecule has 1 N–H and O–H groups in total. The van der Waals surface area contributed by atoms with E-state index < -0.39 is 0 Å². The third kappa shape index (κ3) is 3.62. The van der Waals surface area contributed by atoms with Crippen LogP contribution < -0.4 is 5.32 Å². The average Bonchev–Trinajstić information content (AvgIpc) is 2.87. The first-order valence-electron chi connectivity index (χ1n) is 6.77. The molecule has 0 spiro atoms. The van der Waals surface area contributed by atoms with Crippen molar-refractivity contribution in [3.63, 3.8) is 0 Å². The van der Waals surface area contributed by atoms with E-state index in [9.17, 15) is 0 Å². The molecule has 0 radical (unpaired) electrons. The summed E-state index contributed by atoms with van der Waals surface area (Å²) in [7, 11) is 0. The van der Waals surface area contributed by atoms with Crippen molar-refractivity contribution in [1.82, 2.24) is 5.32 Å². The van der Waals surface area contributed by atoms with E-state index >= 15 is 0 Å². The van der Waals surface area contributed by atoms with Gasteiger partial charge in [0.15, 0.2) is 0 Å². The van der Waals surface area contributed by atoms with Crippen LogP contribution in [0.1, 0.15) is 31.1 Å². The average molecular weight is 278 g/mol. The Morgan fingerprint density at radius 1 is 1.21 bits per heavy atom. The first kappa shape index (κ1) is 14.2. The van der Waals surface area contributed by atoms with E-state index in [0.29, 0.717) is 0 Å². The van der Waals surface area contributed by atoms with Crippen LogP contribution in [0.3, 0.4) is 0 Å². The number of halogens is 1. The van der Waals surface area contributed by atoms with Crippen molar-refractivity contribution >= 4 is 11.6 Å². The van der Waals surface area contributed by atoms with Gasteiger partial charge >= 0.3 is 0 Å². The summed E-state index contributed by atoms with van der Waals surface area (Å²) < 4.78 is 5.86. The molecule has 0 bridgehead atoms. The van der Waals surface area contributed by atoms with E-state index in [2.05, 4.69) is 12.2 Å². The predicted octanol–water partition coefficient (Wildman–Crippen LogP) is 4.80. The molecule has 0 saturated carbocycles. The second-order valence-electron chi connectivity index (χ2n) is 4.71. The Morgan fingerprint density at radius 3 is 2.84 bits per heavy atom. The highest BCUT2D eigenvalue weighted by Gasteiger charge is 2.09. The second kappa shape index (κ2) is 6.78. The summed E-state index contributed by atoms with van der Waals surface area (Å²) in [6.07, 6.45) is 2.40. The number of unbranched alkanes of at least 4 members (excludes halogenated alkanes) is 1. The van der Waals surface area contributed by atoms with Crippen LogP contribution in [-0.2, 0) is 6.54 Å². The zero-order chi connectivity index (χ0) is 13.7. The van der Waals surface area contributed by atoms with Gasteiger partial charge in [-0.15, -0.1) is 0 Å². The van der Waals surface area contributed by atoms with E-state index in [0.717, 1.165) is 40.8 Å². The summed E-state index contributed by atoms with van der Waals surface area (Å²) in [5.74, 6) is 1.85. The largest absolute Gasteiger partial charge is 0.460 e. The van der Waals surface area contributed by atoms with E-state index in [4.69, 9.17) is 16.0 Å².